The fraction of sp³-hybridized carbons (Fsp3) is 0.130. The summed E-state index contributed by atoms with van der Waals surface area (Å²) in [5.41, 5.74) is 2.31. The van der Waals surface area contributed by atoms with Gasteiger partial charge in [-0.1, -0.05) is 54.2 Å². The Morgan fingerprint density at radius 2 is 1.83 bits per heavy atom. The second kappa shape index (κ2) is 8.77. The number of anilines is 1. The van der Waals surface area contributed by atoms with Crippen LogP contribution < -0.4 is 5.32 Å². The summed E-state index contributed by atoms with van der Waals surface area (Å²) in [6, 6.07) is 19.2. The SMILES string of the molecule is CC(=O)c1cccc(NC(=O)C(C)Sc2ncnc3sc(-c4ccccc4)cc23)c1. The monoisotopic (exact) mass is 433 g/mol. The lowest BCUT2D eigenvalue weighted by Crippen LogP contribution is -2.22. The highest BCUT2D eigenvalue weighted by atomic mass is 32.2. The number of carbonyl (C=O) groups excluding carboxylic acids is 2. The summed E-state index contributed by atoms with van der Waals surface area (Å²) in [7, 11) is 0. The molecule has 0 fully saturated rings. The molecule has 1 atom stereocenters. The molecule has 2 heterocycles. The summed E-state index contributed by atoms with van der Waals surface area (Å²) in [5, 5.41) is 4.24. The van der Waals surface area contributed by atoms with Gasteiger partial charge in [0.2, 0.25) is 5.91 Å². The lowest BCUT2D eigenvalue weighted by atomic mass is 10.1. The third-order valence-electron chi connectivity index (χ3n) is 4.55. The van der Waals surface area contributed by atoms with Crippen LogP contribution in [0.4, 0.5) is 5.69 Å². The molecule has 150 valence electrons. The van der Waals surface area contributed by atoms with Crippen molar-refractivity contribution in [1.29, 1.82) is 0 Å². The summed E-state index contributed by atoms with van der Waals surface area (Å²) >= 11 is 3.01. The van der Waals surface area contributed by atoms with Crippen LogP contribution in [0, 0.1) is 0 Å². The molecule has 0 radical (unpaired) electrons. The zero-order valence-corrected chi connectivity index (χ0v) is 18.1. The number of carbonyl (C=O) groups is 2. The number of thioether (sulfide) groups is 1. The second-order valence-corrected chi connectivity index (χ2v) is 9.12. The summed E-state index contributed by atoms with van der Waals surface area (Å²) in [5.74, 6) is -0.186. The van der Waals surface area contributed by atoms with Crippen molar-refractivity contribution in [2.45, 2.75) is 24.1 Å². The van der Waals surface area contributed by atoms with Crippen LogP contribution in [0.5, 0.6) is 0 Å². The number of aromatic nitrogens is 2. The van der Waals surface area contributed by atoms with E-state index in [9.17, 15) is 9.59 Å². The quantitative estimate of drug-likeness (QED) is 0.241. The van der Waals surface area contributed by atoms with E-state index in [2.05, 4.69) is 33.5 Å². The largest absolute Gasteiger partial charge is 0.325 e. The highest BCUT2D eigenvalue weighted by molar-refractivity contribution is 8.00. The Morgan fingerprint density at radius 1 is 1.03 bits per heavy atom. The van der Waals surface area contributed by atoms with E-state index in [-0.39, 0.29) is 16.9 Å². The zero-order chi connectivity index (χ0) is 21.1. The van der Waals surface area contributed by atoms with Crippen molar-refractivity contribution in [1.82, 2.24) is 9.97 Å². The number of benzene rings is 2. The van der Waals surface area contributed by atoms with Crippen LogP contribution in [-0.4, -0.2) is 26.9 Å². The standard InChI is InChI=1S/C23H19N3O2S2/c1-14(27)17-9-6-10-18(11-17)26-21(28)15(2)29-22-19-12-20(16-7-4-3-5-8-16)30-23(19)25-13-24-22/h3-13,15H,1-2H3,(H,26,28). The predicted molar refractivity (Wildman–Crippen MR) is 123 cm³/mol. The van der Waals surface area contributed by atoms with Gasteiger partial charge in [0.1, 0.15) is 16.2 Å². The molecule has 1 unspecified atom stereocenters. The van der Waals surface area contributed by atoms with Crippen LogP contribution in [-0.2, 0) is 4.79 Å². The molecule has 1 N–H and O–H groups in total. The zero-order valence-electron chi connectivity index (χ0n) is 16.5. The Labute approximate surface area is 182 Å². The molecule has 0 spiro atoms. The van der Waals surface area contributed by atoms with Crippen molar-refractivity contribution in [2.24, 2.45) is 0 Å². The number of nitrogens with one attached hydrogen (secondary N) is 1. The number of ketones is 1. The van der Waals surface area contributed by atoms with Crippen molar-refractivity contribution in [3.63, 3.8) is 0 Å². The van der Waals surface area contributed by atoms with Gasteiger partial charge in [-0.05, 0) is 37.6 Å². The van der Waals surface area contributed by atoms with Gasteiger partial charge < -0.3 is 5.32 Å². The van der Waals surface area contributed by atoms with Gasteiger partial charge >= 0.3 is 0 Å². The lowest BCUT2D eigenvalue weighted by molar-refractivity contribution is -0.115. The molecule has 1 amide bonds. The number of thiophene rings is 1. The Balaban J connectivity index is 1.53. The lowest BCUT2D eigenvalue weighted by Gasteiger charge is -2.12. The number of rotatable bonds is 6. The molecule has 4 rings (SSSR count). The van der Waals surface area contributed by atoms with Crippen LogP contribution >= 0.6 is 23.1 Å². The summed E-state index contributed by atoms with van der Waals surface area (Å²) in [6.45, 7) is 3.34. The Hall–Kier alpha value is -3.03. The molecule has 2 aromatic carbocycles. The first-order valence-corrected chi connectivity index (χ1v) is 11.1. The van der Waals surface area contributed by atoms with Crippen molar-refractivity contribution in [3.8, 4) is 10.4 Å². The third-order valence-corrected chi connectivity index (χ3v) is 6.75. The Morgan fingerprint density at radius 3 is 2.60 bits per heavy atom. The van der Waals surface area contributed by atoms with E-state index in [1.807, 2.05) is 25.1 Å². The van der Waals surface area contributed by atoms with E-state index in [0.29, 0.717) is 11.3 Å². The Kier molecular flexibility index (Phi) is 5.92. The molecule has 4 aromatic rings. The van der Waals surface area contributed by atoms with Gasteiger partial charge in [0.15, 0.2) is 5.78 Å². The van der Waals surface area contributed by atoms with Crippen LogP contribution in [0.15, 0.2) is 72.0 Å². The van der Waals surface area contributed by atoms with E-state index in [1.165, 1.54) is 25.0 Å². The number of amides is 1. The molecular weight excluding hydrogens is 414 g/mol. The Bertz CT molecular complexity index is 1220. The molecule has 5 nitrogen and oxygen atoms in total. The number of hydrogen-bond donors (Lipinski definition) is 1. The summed E-state index contributed by atoms with van der Waals surface area (Å²) in [6.07, 6.45) is 1.54. The van der Waals surface area contributed by atoms with Crippen LogP contribution in [0.25, 0.3) is 20.7 Å². The van der Waals surface area contributed by atoms with E-state index in [1.54, 1.807) is 35.6 Å². The molecule has 0 aliphatic carbocycles. The fourth-order valence-electron chi connectivity index (χ4n) is 2.95. The van der Waals surface area contributed by atoms with Crippen molar-refractivity contribution < 1.29 is 9.59 Å². The molecular formula is C23H19N3O2S2. The molecule has 30 heavy (non-hydrogen) atoms. The van der Waals surface area contributed by atoms with Gasteiger partial charge in [-0.2, -0.15) is 0 Å². The van der Waals surface area contributed by atoms with Gasteiger partial charge in [-0.3, -0.25) is 9.59 Å². The minimum absolute atomic E-state index is 0.0384. The first-order chi connectivity index (χ1) is 14.5. The van der Waals surface area contributed by atoms with Gasteiger partial charge in [0.25, 0.3) is 0 Å². The first kappa shape index (κ1) is 20.3. The smallest absolute Gasteiger partial charge is 0.237 e. The van der Waals surface area contributed by atoms with Crippen molar-refractivity contribution in [3.05, 3.63) is 72.6 Å². The van der Waals surface area contributed by atoms with Gasteiger partial charge in [-0.25, -0.2) is 9.97 Å². The van der Waals surface area contributed by atoms with E-state index >= 15 is 0 Å². The molecule has 0 aliphatic rings. The number of nitrogens with zero attached hydrogens (tertiary/aromatic N) is 2. The summed E-state index contributed by atoms with van der Waals surface area (Å²) < 4.78 is 0. The average molecular weight is 434 g/mol. The maximum absolute atomic E-state index is 12.7. The highest BCUT2D eigenvalue weighted by Crippen LogP contribution is 2.37. The van der Waals surface area contributed by atoms with Crippen LogP contribution in [0.2, 0.25) is 0 Å². The maximum atomic E-state index is 12.7. The van der Waals surface area contributed by atoms with Crippen molar-refractivity contribution >= 4 is 50.7 Å². The minimum atomic E-state index is -0.371. The van der Waals surface area contributed by atoms with E-state index < -0.39 is 0 Å². The average Bonchev–Trinajstić information content (AvgIpc) is 3.20. The molecule has 0 aliphatic heterocycles. The molecule has 0 bridgehead atoms. The molecule has 7 heteroatoms. The number of hydrogen-bond acceptors (Lipinski definition) is 6. The second-order valence-electron chi connectivity index (χ2n) is 6.76. The first-order valence-electron chi connectivity index (χ1n) is 9.40. The number of Topliss-reactive ketones (excluding diaryl/α,β-unsaturated/α-hetero) is 1. The fourth-order valence-corrected chi connectivity index (χ4v) is 4.91. The normalized spacial score (nSPS) is 11.9. The molecule has 0 saturated heterocycles. The molecule has 2 aromatic heterocycles. The highest BCUT2D eigenvalue weighted by Gasteiger charge is 2.19. The van der Waals surface area contributed by atoms with Gasteiger partial charge in [-0.15, -0.1) is 11.3 Å². The van der Waals surface area contributed by atoms with Crippen LogP contribution in [0.3, 0.4) is 0 Å². The van der Waals surface area contributed by atoms with Crippen molar-refractivity contribution in [2.75, 3.05) is 5.32 Å². The topological polar surface area (TPSA) is 72.0 Å². The maximum Gasteiger partial charge on any atom is 0.237 e. The number of fused-ring (bicyclic) bond motifs is 1. The summed E-state index contributed by atoms with van der Waals surface area (Å²) in [4.78, 5) is 35.1. The third kappa shape index (κ3) is 4.42. The van der Waals surface area contributed by atoms with E-state index in [4.69, 9.17) is 0 Å². The van der Waals surface area contributed by atoms with Gasteiger partial charge in [0, 0.05) is 21.5 Å². The minimum Gasteiger partial charge on any atom is -0.325 e. The molecule has 0 saturated carbocycles. The van der Waals surface area contributed by atoms with Crippen LogP contribution in [0.1, 0.15) is 24.2 Å². The van der Waals surface area contributed by atoms with E-state index in [0.717, 1.165) is 25.7 Å². The van der Waals surface area contributed by atoms with Gasteiger partial charge in [0.05, 0.1) is 5.25 Å². The predicted octanol–water partition coefficient (Wildman–Crippen LogP) is 5.68.